The van der Waals surface area contributed by atoms with Crippen molar-refractivity contribution in [1.82, 2.24) is 9.71 Å². The van der Waals surface area contributed by atoms with E-state index in [4.69, 9.17) is 5.11 Å². The molecule has 1 aliphatic carbocycles. The second-order valence-corrected chi connectivity index (χ2v) is 5.83. The van der Waals surface area contributed by atoms with E-state index in [1.54, 1.807) is 0 Å². The van der Waals surface area contributed by atoms with Crippen LogP contribution in [-0.4, -0.2) is 31.2 Å². The summed E-state index contributed by atoms with van der Waals surface area (Å²) >= 11 is 0. The number of nitrogens with one attached hydrogen (secondary N) is 1. The predicted molar refractivity (Wildman–Crippen MR) is 66.2 cm³/mol. The first-order valence-electron chi connectivity index (χ1n) is 5.69. The average Bonchev–Trinajstić information content (AvgIpc) is 2.32. The number of aliphatic hydroxyl groups is 1. The van der Waals surface area contributed by atoms with Gasteiger partial charge in [-0.2, -0.15) is 0 Å². The summed E-state index contributed by atoms with van der Waals surface area (Å²) in [6, 6.07) is 1.50. The summed E-state index contributed by atoms with van der Waals surface area (Å²) in [5, 5.41) is 8.59. The van der Waals surface area contributed by atoms with Crippen LogP contribution in [0.1, 0.15) is 24.8 Å². The molecule has 0 aliphatic heterocycles. The van der Waals surface area contributed by atoms with Crippen LogP contribution in [0.3, 0.4) is 0 Å². The van der Waals surface area contributed by atoms with Crippen molar-refractivity contribution in [2.45, 2.75) is 30.2 Å². The van der Waals surface area contributed by atoms with E-state index >= 15 is 0 Å². The van der Waals surface area contributed by atoms with Gasteiger partial charge >= 0.3 is 0 Å². The number of pyridine rings is 1. The summed E-state index contributed by atoms with van der Waals surface area (Å²) in [6.45, 7) is -0.267. The quantitative estimate of drug-likeness (QED) is 0.769. The van der Waals surface area contributed by atoms with Crippen LogP contribution in [0.4, 0.5) is 0 Å². The Labute approximate surface area is 106 Å². The average molecular weight is 266 g/mol. The molecule has 6 heteroatoms. The van der Waals surface area contributed by atoms with Gasteiger partial charge in [0.15, 0.2) is 0 Å². The van der Waals surface area contributed by atoms with E-state index in [-0.39, 0.29) is 17.5 Å². The van der Waals surface area contributed by atoms with Crippen LogP contribution < -0.4 is 4.72 Å². The van der Waals surface area contributed by atoms with Crippen LogP contribution >= 0.6 is 0 Å². The number of sulfonamides is 1. The lowest BCUT2D eigenvalue weighted by Gasteiger charge is -2.25. The van der Waals surface area contributed by atoms with Gasteiger partial charge in [-0.25, -0.2) is 13.1 Å². The number of hydrogen-bond donors (Lipinski definition) is 2. The van der Waals surface area contributed by atoms with Crippen LogP contribution in [-0.2, 0) is 10.0 Å². The van der Waals surface area contributed by atoms with Crippen LogP contribution in [0, 0.1) is 11.8 Å². The minimum atomic E-state index is -3.51. The number of aromatic nitrogens is 1. The van der Waals surface area contributed by atoms with Crippen LogP contribution in [0.15, 0.2) is 23.4 Å². The number of nitrogens with zero attached hydrogens (tertiary/aromatic N) is 1. The van der Waals surface area contributed by atoms with Crippen molar-refractivity contribution in [3.63, 3.8) is 0 Å². The monoisotopic (exact) mass is 266 g/mol. The molecule has 1 aromatic heterocycles. The van der Waals surface area contributed by atoms with Gasteiger partial charge in [0.1, 0.15) is 11.5 Å². The summed E-state index contributed by atoms with van der Waals surface area (Å²) in [7, 11) is -3.51. The Bertz CT molecular complexity index is 583. The van der Waals surface area contributed by atoms with E-state index in [9.17, 15) is 8.42 Å². The van der Waals surface area contributed by atoms with Gasteiger partial charge in [0, 0.05) is 24.0 Å². The topological polar surface area (TPSA) is 79.3 Å². The van der Waals surface area contributed by atoms with Crippen LogP contribution in [0.5, 0.6) is 0 Å². The maximum absolute atomic E-state index is 12.0. The van der Waals surface area contributed by atoms with Crippen molar-refractivity contribution < 1.29 is 13.5 Å². The first-order chi connectivity index (χ1) is 8.62. The molecule has 1 aliphatic rings. The molecule has 18 heavy (non-hydrogen) atoms. The molecule has 0 saturated heterocycles. The maximum Gasteiger partial charge on any atom is 0.242 e. The van der Waals surface area contributed by atoms with Gasteiger partial charge in [0.25, 0.3) is 0 Å². The molecule has 1 heterocycles. The Morgan fingerprint density at radius 2 is 2.22 bits per heavy atom. The minimum absolute atomic E-state index is 0.0437. The SMILES string of the molecule is O=S(=O)(NC1CCC1)c1cncc(C#CCO)c1. The first-order valence-corrected chi connectivity index (χ1v) is 7.17. The van der Waals surface area contributed by atoms with E-state index in [1.165, 1.54) is 18.5 Å². The van der Waals surface area contributed by atoms with Gasteiger partial charge in [-0.1, -0.05) is 18.3 Å². The summed E-state index contributed by atoms with van der Waals surface area (Å²) in [6.07, 6.45) is 5.59. The Morgan fingerprint density at radius 1 is 1.44 bits per heavy atom. The second kappa shape index (κ2) is 5.48. The number of hydrogen-bond acceptors (Lipinski definition) is 4. The molecule has 1 saturated carbocycles. The summed E-state index contributed by atoms with van der Waals surface area (Å²) in [4.78, 5) is 3.96. The largest absolute Gasteiger partial charge is 0.384 e. The Morgan fingerprint density at radius 3 is 2.83 bits per heavy atom. The maximum atomic E-state index is 12.0. The lowest BCUT2D eigenvalue weighted by atomic mass is 9.94. The Kier molecular flexibility index (Phi) is 3.97. The third-order valence-electron chi connectivity index (χ3n) is 2.76. The zero-order valence-electron chi connectivity index (χ0n) is 9.76. The zero-order valence-corrected chi connectivity index (χ0v) is 10.6. The molecule has 0 unspecified atom stereocenters. The van der Waals surface area contributed by atoms with Gasteiger partial charge in [0.2, 0.25) is 10.0 Å². The molecule has 96 valence electrons. The standard InChI is InChI=1S/C12H14N2O3S/c15-6-2-3-10-7-12(9-13-8-10)18(16,17)14-11-4-1-5-11/h7-9,11,14-15H,1,4-6H2. The highest BCUT2D eigenvalue weighted by molar-refractivity contribution is 7.89. The van der Waals surface area contributed by atoms with Gasteiger partial charge in [-0.15, -0.1) is 0 Å². The smallest absolute Gasteiger partial charge is 0.242 e. The molecule has 1 fully saturated rings. The van der Waals surface area contributed by atoms with E-state index < -0.39 is 10.0 Å². The fraction of sp³-hybridized carbons (Fsp3) is 0.417. The molecule has 0 spiro atoms. The molecule has 0 atom stereocenters. The molecule has 1 aromatic rings. The summed E-state index contributed by atoms with van der Waals surface area (Å²) in [5.41, 5.74) is 0.473. The third kappa shape index (κ3) is 3.07. The Balaban J connectivity index is 2.21. The van der Waals surface area contributed by atoms with Gasteiger partial charge in [-0.3, -0.25) is 4.98 Å². The van der Waals surface area contributed by atoms with E-state index in [0.29, 0.717) is 5.56 Å². The molecule has 0 amide bonds. The van der Waals surface area contributed by atoms with Crippen LogP contribution in [0.2, 0.25) is 0 Å². The van der Waals surface area contributed by atoms with Crippen molar-refractivity contribution in [3.05, 3.63) is 24.0 Å². The molecule has 2 N–H and O–H groups in total. The predicted octanol–water partition coefficient (Wildman–Crippen LogP) is 0.256. The molecule has 2 rings (SSSR count). The fourth-order valence-electron chi connectivity index (χ4n) is 1.59. The molecule has 5 nitrogen and oxygen atoms in total. The molecule has 0 aromatic carbocycles. The number of rotatable bonds is 3. The summed E-state index contributed by atoms with van der Waals surface area (Å²) < 4.78 is 26.7. The lowest BCUT2D eigenvalue weighted by Crippen LogP contribution is -2.39. The van der Waals surface area contributed by atoms with E-state index in [2.05, 4.69) is 21.5 Å². The lowest BCUT2D eigenvalue weighted by molar-refractivity contribution is 0.350. The van der Waals surface area contributed by atoms with Crippen molar-refractivity contribution in [1.29, 1.82) is 0 Å². The molecule has 0 radical (unpaired) electrons. The van der Waals surface area contributed by atoms with E-state index in [0.717, 1.165) is 19.3 Å². The zero-order chi connectivity index (χ0) is 13.0. The number of aliphatic hydroxyl groups excluding tert-OH is 1. The third-order valence-corrected chi connectivity index (χ3v) is 4.25. The summed E-state index contributed by atoms with van der Waals surface area (Å²) in [5.74, 6) is 5.09. The van der Waals surface area contributed by atoms with Gasteiger partial charge in [-0.05, 0) is 18.9 Å². The van der Waals surface area contributed by atoms with Crippen molar-refractivity contribution in [2.75, 3.05) is 6.61 Å². The highest BCUT2D eigenvalue weighted by Gasteiger charge is 2.24. The van der Waals surface area contributed by atoms with Crippen molar-refractivity contribution >= 4 is 10.0 Å². The molecular weight excluding hydrogens is 252 g/mol. The second-order valence-electron chi connectivity index (χ2n) is 4.12. The first kappa shape index (κ1) is 13.0. The van der Waals surface area contributed by atoms with Crippen molar-refractivity contribution in [3.8, 4) is 11.8 Å². The molecule has 0 bridgehead atoms. The minimum Gasteiger partial charge on any atom is -0.384 e. The van der Waals surface area contributed by atoms with Crippen molar-refractivity contribution in [2.24, 2.45) is 0 Å². The van der Waals surface area contributed by atoms with E-state index in [1.807, 2.05) is 0 Å². The van der Waals surface area contributed by atoms with Gasteiger partial charge < -0.3 is 5.11 Å². The Hall–Kier alpha value is -1.42. The fourth-order valence-corrected chi connectivity index (χ4v) is 2.88. The van der Waals surface area contributed by atoms with Gasteiger partial charge in [0.05, 0.1) is 0 Å². The normalized spacial score (nSPS) is 15.6. The molecular formula is C12H14N2O3S. The van der Waals surface area contributed by atoms with Crippen LogP contribution in [0.25, 0.3) is 0 Å². The highest BCUT2D eigenvalue weighted by atomic mass is 32.2. The highest BCUT2D eigenvalue weighted by Crippen LogP contribution is 2.21.